The van der Waals surface area contributed by atoms with Gasteiger partial charge in [-0.3, -0.25) is 5.84 Å². The second kappa shape index (κ2) is 2.64. The molecule has 0 amide bonds. The SMILES string of the molecule is CN1CCC(N(C)N)C1. The summed E-state index contributed by atoms with van der Waals surface area (Å²) >= 11 is 0. The number of likely N-dealkylation sites (N-methyl/N-ethyl adjacent to an activating group) is 2. The van der Waals surface area contributed by atoms with Crippen LogP contribution in [-0.2, 0) is 0 Å². The molecule has 1 saturated heterocycles. The van der Waals surface area contributed by atoms with Gasteiger partial charge in [-0.25, -0.2) is 5.01 Å². The second-order valence-corrected chi connectivity index (χ2v) is 2.87. The Balaban J connectivity index is 2.30. The van der Waals surface area contributed by atoms with Crippen LogP contribution in [0.3, 0.4) is 0 Å². The Bertz CT molecular complexity index is 92.3. The largest absolute Gasteiger partial charge is 0.305 e. The molecule has 0 bridgehead atoms. The van der Waals surface area contributed by atoms with Crippen molar-refractivity contribution in [1.82, 2.24) is 9.91 Å². The van der Waals surface area contributed by atoms with Crippen molar-refractivity contribution >= 4 is 0 Å². The van der Waals surface area contributed by atoms with Gasteiger partial charge in [-0.15, -0.1) is 0 Å². The van der Waals surface area contributed by atoms with Gasteiger partial charge < -0.3 is 4.90 Å². The topological polar surface area (TPSA) is 32.5 Å². The zero-order valence-electron chi connectivity index (χ0n) is 6.17. The lowest BCUT2D eigenvalue weighted by Crippen LogP contribution is -2.38. The fourth-order valence-corrected chi connectivity index (χ4v) is 1.24. The smallest absolute Gasteiger partial charge is 0.0377 e. The van der Waals surface area contributed by atoms with Crippen LogP contribution in [0.2, 0.25) is 0 Å². The summed E-state index contributed by atoms with van der Waals surface area (Å²) in [6, 6.07) is 0.579. The minimum atomic E-state index is 0.579. The number of rotatable bonds is 1. The molecule has 3 nitrogen and oxygen atoms in total. The van der Waals surface area contributed by atoms with Crippen LogP contribution < -0.4 is 5.84 Å². The predicted octanol–water partition coefficient (Wildman–Crippen LogP) is -0.504. The standard InChI is InChI=1S/C6H15N3/c1-8-4-3-6(5-8)9(2)7/h6H,3-5,7H2,1-2H3. The van der Waals surface area contributed by atoms with Gasteiger partial charge in [0.15, 0.2) is 0 Å². The first-order valence-corrected chi connectivity index (χ1v) is 3.36. The summed E-state index contributed by atoms with van der Waals surface area (Å²) in [4.78, 5) is 2.30. The molecule has 3 heteroatoms. The molecule has 54 valence electrons. The quantitative estimate of drug-likeness (QED) is 0.382. The maximum absolute atomic E-state index is 5.57. The van der Waals surface area contributed by atoms with Crippen molar-refractivity contribution in [2.45, 2.75) is 12.5 Å². The molecule has 9 heavy (non-hydrogen) atoms. The molecular formula is C6H15N3. The molecule has 2 N–H and O–H groups in total. The first-order chi connectivity index (χ1) is 4.20. The Hall–Kier alpha value is -0.120. The van der Waals surface area contributed by atoms with Crippen LogP contribution in [0, 0.1) is 0 Å². The summed E-state index contributed by atoms with van der Waals surface area (Å²) in [5.74, 6) is 5.57. The number of hydrogen-bond donors (Lipinski definition) is 1. The Kier molecular flexibility index (Phi) is 2.05. The molecule has 0 saturated carbocycles. The van der Waals surface area contributed by atoms with Crippen LogP contribution in [0.4, 0.5) is 0 Å². The van der Waals surface area contributed by atoms with Crippen LogP contribution >= 0.6 is 0 Å². The third kappa shape index (κ3) is 1.64. The van der Waals surface area contributed by atoms with E-state index in [1.165, 1.54) is 13.0 Å². The van der Waals surface area contributed by atoms with Gasteiger partial charge in [-0.2, -0.15) is 0 Å². The van der Waals surface area contributed by atoms with Gasteiger partial charge in [0.25, 0.3) is 0 Å². The van der Waals surface area contributed by atoms with Gasteiger partial charge >= 0.3 is 0 Å². The fourth-order valence-electron chi connectivity index (χ4n) is 1.24. The first kappa shape index (κ1) is 6.99. The van der Waals surface area contributed by atoms with E-state index in [0.29, 0.717) is 6.04 Å². The lowest BCUT2D eigenvalue weighted by atomic mass is 10.3. The Morgan fingerprint density at radius 1 is 1.67 bits per heavy atom. The lowest BCUT2D eigenvalue weighted by molar-refractivity contribution is 0.248. The van der Waals surface area contributed by atoms with E-state index < -0.39 is 0 Å². The van der Waals surface area contributed by atoms with E-state index >= 15 is 0 Å². The van der Waals surface area contributed by atoms with Crippen molar-refractivity contribution in [3.05, 3.63) is 0 Å². The van der Waals surface area contributed by atoms with Crippen LogP contribution in [-0.4, -0.2) is 43.1 Å². The fraction of sp³-hybridized carbons (Fsp3) is 1.00. The third-order valence-corrected chi connectivity index (χ3v) is 1.94. The lowest BCUT2D eigenvalue weighted by Gasteiger charge is -2.17. The maximum atomic E-state index is 5.57. The van der Waals surface area contributed by atoms with Crippen LogP contribution in [0.1, 0.15) is 6.42 Å². The normalized spacial score (nSPS) is 30.0. The second-order valence-electron chi connectivity index (χ2n) is 2.87. The summed E-state index contributed by atoms with van der Waals surface area (Å²) in [6.45, 7) is 2.30. The summed E-state index contributed by atoms with van der Waals surface area (Å²) in [7, 11) is 4.06. The van der Waals surface area contributed by atoms with E-state index in [4.69, 9.17) is 5.84 Å². The summed E-state index contributed by atoms with van der Waals surface area (Å²) in [5, 5.41) is 1.81. The minimum Gasteiger partial charge on any atom is -0.305 e. The molecule has 0 aromatic rings. The molecule has 1 heterocycles. The van der Waals surface area contributed by atoms with Gasteiger partial charge in [0.1, 0.15) is 0 Å². The van der Waals surface area contributed by atoms with E-state index in [1.807, 2.05) is 12.1 Å². The van der Waals surface area contributed by atoms with Gasteiger partial charge in [-0.1, -0.05) is 0 Å². The summed E-state index contributed by atoms with van der Waals surface area (Å²) in [6.07, 6.45) is 1.21. The van der Waals surface area contributed by atoms with Gasteiger partial charge in [0, 0.05) is 19.6 Å². The number of likely N-dealkylation sites (tertiary alicyclic amines) is 1. The number of nitrogens with two attached hydrogens (primary N) is 1. The third-order valence-electron chi connectivity index (χ3n) is 1.94. The molecule has 1 aliphatic heterocycles. The highest BCUT2D eigenvalue weighted by molar-refractivity contribution is 4.77. The molecule has 1 unspecified atom stereocenters. The maximum Gasteiger partial charge on any atom is 0.0377 e. The van der Waals surface area contributed by atoms with Crippen molar-refractivity contribution in [3.8, 4) is 0 Å². The van der Waals surface area contributed by atoms with E-state index in [2.05, 4.69) is 11.9 Å². The molecule has 0 aromatic carbocycles. The summed E-state index contributed by atoms with van der Waals surface area (Å²) in [5.41, 5.74) is 0. The molecular weight excluding hydrogens is 114 g/mol. The summed E-state index contributed by atoms with van der Waals surface area (Å²) < 4.78 is 0. The highest BCUT2D eigenvalue weighted by Gasteiger charge is 2.20. The van der Waals surface area contributed by atoms with Gasteiger partial charge in [0.05, 0.1) is 0 Å². The van der Waals surface area contributed by atoms with E-state index in [9.17, 15) is 0 Å². The first-order valence-electron chi connectivity index (χ1n) is 3.36. The average Bonchev–Trinajstić information content (AvgIpc) is 2.14. The van der Waals surface area contributed by atoms with Crippen molar-refractivity contribution in [2.75, 3.05) is 27.2 Å². The van der Waals surface area contributed by atoms with Crippen molar-refractivity contribution in [3.63, 3.8) is 0 Å². The molecule has 1 atom stereocenters. The van der Waals surface area contributed by atoms with Crippen molar-refractivity contribution < 1.29 is 0 Å². The van der Waals surface area contributed by atoms with E-state index in [-0.39, 0.29) is 0 Å². The Morgan fingerprint density at radius 2 is 2.33 bits per heavy atom. The predicted molar refractivity (Wildman–Crippen MR) is 37.9 cm³/mol. The number of nitrogens with zero attached hydrogens (tertiary/aromatic N) is 2. The van der Waals surface area contributed by atoms with Crippen LogP contribution in [0.15, 0.2) is 0 Å². The van der Waals surface area contributed by atoms with Gasteiger partial charge in [0.2, 0.25) is 0 Å². The Morgan fingerprint density at radius 3 is 2.56 bits per heavy atom. The molecule has 0 spiro atoms. The zero-order valence-corrected chi connectivity index (χ0v) is 6.17. The van der Waals surface area contributed by atoms with Crippen molar-refractivity contribution in [2.24, 2.45) is 5.84 Å². The molecule has 1 fully saturated rings. The zero-order chi connectivity index (χ0) is 6.85. The molecule has 0 aromatic heterocycles. The van der Waals surface area contributed by atoms with E-state index in [0.717, 1.165) is 6.54 Å². The molecule has 0 aliphatic carbocycles. The Labute approximate surface area is 56.4 Å². The van der Waals surface area contributed by atoms with Crippen molar-refractivity contribution in [1.29, 1.82) is 0 Å². The highest BCUT2D eigenvalue weighted by atomic mass is 15.4. The molecule has 1 rings (SSSR count). The number of hydrogen-bond acceptors (Lipinski definition) is 3. The van der Waals surface area contributed by atoms with E-state index in [1.54, 1.807) is 0 Å². The van der Waals surface area contributed by atoms with Crippen LogP contribution in [0.25, 0.3) is 0 Å². The average molecular weight is 129 g/mol. The van der Waals surface area contributed by atoms with Gasteiger partial charge in [-0.05, 0) is 20.0 Å². The minimum absolute atomic E-state index is 0.579. The monoisotopic (exact) mass is 129 g/mol. The molecule has 1 aliphatic rings. The highest BCUT2D eigenvalue weighted by Crippen LogP contribution is 2.08. The number of hydrazine groups is 1. The van der Waals surface area contributed by atoms with Crippen LogP contribution in [0.5, 0.6) is 0 Å². The molecule has 0 radical (unpaired) electrons.